The predicted molar refractivity (Wildman–Crippen MR) is 226 cm³/mol. The van der Waals surface area contributed by atoms with Crippen LogP contribution in [0.2, 0.25) is 0 Å². The Morgan fingerprint density at radius 1 is 0.444 bits per heavy atom. The van der Waals surface area contributed by atoms with Crippen molar-refractivity contribution in [1.29, 1.82) is 0 Å². The fraction of sp³-hybridized carbons (Fsp3) is 0.115. The molecule has 1 aromatic heterocycles. The Labute approximate surface area is 315 Å². The van der Waals surface area contributed by atoms with Crippen molar-refractivity contribution in [1.82, 2.24) is 0 Å². The summed E-state index contributed by atoms with van der Waals surface area (Å²) >= 11 is 0. The first-order valence-corrected chi connectivity index (χ1v) is 19.0. The molecule has 9 aromatic rings. The monoisotopic (exact) mass is 693 g/mol. The zero-order chi connectivity index (χ0) is 36.3. The van der Waals surface area contributed by atoms with Gasteiger partial charge in [0.25, 0.3) is 0 Å². The Kier molecular flexibility index (Phi) is 6.39. The van der Waals surface area contributed by atoms with Crippen LogP contribution in [0.3, 0.4) is 0 Å². The molecule has 2 heteroatoms. The predicted octanol–water partition coefficient (Wildman–Crippen LogP) is 14.5. The molecule has 0 aliphatic heterocycles. The quantitative estimate of drug-likeness (QED) is 0.182. The molecule has 0 spiro atoms. The van der Waals surface area contributed by atoms with Gasteiger partial charge in [-0.25, -0.2) is 0 Å². The van der Waals surface area contributed by atoms with Crippen molar-refractivity contribution in [3.05, 3.63) is 186 Å². The van der Waals surface area contributed by atoms with E-state index in [2.05, 4.69) is 190 Å². The minimum atomic E-state index is -0.170. The Morgan fingerprint density at radius 2 is 1.04 bits per heavy atom. The van der Waals surface area contributed by atoms with Crippen LogP contribution in [0.5, 0.6) is 0 Å². The third-order valence-corrected chi connectivity index (χ3v) is 12.4. The topological polar surface area (TPSA) is 16.4 Å². The zero-order valence-corrected chi connectivity index (χ0v) is 30.9. The van der Waals surface area contributed by atoms with Gasteiger partial charge >= 0.3 is 0 Å². The maximum Gasteiger partial charge on any atom is 0.136 e. The summed E-state index contributed by atoms with van der Waals surface area (Å²) in [7, 11) is 0. The van der Waals surface area contributed by atoms with E-state index in [1.54, 1.807) is 0 Å². The molecule has 0 saturated heterocycles. The third kappa shape index (κ3) is 4.17. The minimum absolute atomic E-state index is 0.122. The van der Waals surface area contributed by atoms with Crippen LogP contribution in [0.25, 0.3) is 66.1 Å². The summed E-state index contributed by atoms with van der Waals surface area (Å²) in [5.41, 5.74) is 18.1. The molecule has 258 valence electrons. The molecule has 11 rings (SSSR count). The van der Waals surface area contributed by atoms with Crippen LogP contribution in [0, 0.1) is 0 Å². The molecule has 0 bridgehead atoms. The fourth-order valence-corrected chi connectivity index (χ4v) is 9.95. The highest BCUT2D eigenvalue weighted by atomic mass is 16.3. The summed E-state index contributed by atoms with van der Waals surface area (Å²) in [6.07, 6.45) is 0. The molecule has 2 aliphatic carbocycles. The second-order valence-corrected chi connectivity index (χ2v) is 16.1. The smallest absolute Gasteiger partial charge is 0.136 e. The van der Waals surface area contributed by atoms with Crippen LogP contribution in [0.4, 0.5) is 17.1 Å². The average Bonchev–Trinajstić information content (AvgIpc) is 3.79. The summed E-state index contributed by atoms with van der Waals surface area (Å²) in [6.45, 7) is 9.53. The van der Waals surface area contributed by atoms with E-state index in [1.165, 1.54) is 72.2 Å². The molecule has 0 radical (unpaired) electrons. The van der Waals surface area contributed by atoms with Gasteiger partial charge in [-0.2, -0.15) is 0 Å². The van der Waals surface area contributed by atoms with Gasteiger partial charge < -0.3 is 9.32 Å². The van der Waals surface area contributed by atoms with E-state index < -0.39 is 0 Å². The maximum atomic E-state index is 6.30. The number of fused-ring (bicyclic) bond motifs is 11. The molecule has 8 aromatic carbocycles. The average molecular weight is 694 g/mol. The van der Waals surface area contributed by atoms with Crippen LogP contribution in [0.1, 0.15) is 49.9 Å². The summed E-state index contributed by atoms with van der Waals surface area (Å²) in [5, 5.41) is 4.87. The number of anilines is 3. The highest BCUT2D eigenvalue weighted by Gasteiger charge is 2.41. The van der Waals surface area contributed by atoms with Crippen LogP contribution < -0.4 is 4.90 Å². The van der Waals surface area contributed by atoms with Crippen molar-refractivity contribution < 1.29 is 4.42 Å². The highest BCUT2D eigenvalue weighted by Crippen LogP contribution is 2.59. The van der Waals surface area contributed by atoms with Crippen molar-refractivity contribution in [2.75, 3.05) is 4.90 Å². The molecule has 0 atom stereocenters. The molecular weight excluding hydrogens is 655 g/mol. The van der Waals surface area contributed by atoms with Crippen LogP contribution >= 0.6 is 0 Å². The van der Waals surface area contributed by atoms with E-state index in [0.29, 0.717) is 0 Å². The Morgan fingerprint density at radius 3 is 1.83 bits per heavy atom. The van der Waals surface area contributed by atoms with Crippen molar-refractivity contribution in [2.45, 2.75) is 38.5 Å². The number of hydrogen-bond acceptors (Lipinski definition) is 2. The lowest BCUT2D eigenvalue weighted by Gasteiger charge is -2.32. The Balaban J connectivity index is 1.21. The molecular formula is C52H39NO. The van der Waals surface area contributed by atoms with Crippen LogP contribution in [0.15, 0.2) is 168 Å². The largest absolute Gasteiger partial charge is 0.456 e. The Hall–Kier alpha value is -6.38. The molecule has 1 heterocycles. The van der Waals surface area contributed by atoms with Crippen molar-refractivity contribution in [2.24, 2.45) is 0 Å². The number of rotatable bonds is 4. The van der Waals surface area contributed by atoms with Gasteiger partial charge in [0.05, 0.1) is 11.4 Å². The fourth-order valence-electron chi connectivity index (χ4n) is 9.95. The molecule has 2 aliphatic rings. The van der Waals surface area contributed by atoms with Gasteiger partial charge in [0.15, 0.2) is 0 Å². The molecule has 2 nitrogen and oxygen atoms in total. The first kappa shape index (κ1) is 31.2. The van der Waals surface area contributed by atoms with Crippen molar-refractivity contribution >= 4 is 49.8 Å². The van der Waals surface area contributed by atoms with Gasteiger partial charge in [0.2, 0.25) is 0 Å². The third-order valence-electron chi connectivity index (χ3n) is 12.4. The Bertz CT molecular complexity index is 3000. The van der Waals surface area contributed by atoms with Gasteiger partial charge in [-0.1, -0.05) is 155 Å². The van der Waals surface area contributed by atoms with E-state index in [4.69, 9.17) is 4.42 Å². The molecule has 0 N–H and O–H groups in total. The zero-order valence-electron chi connectivity index (χ0n) is 30.9. The molecule has 0 amide bonds. The summed E-state index contributed by atoms with van der Waals surface area (Å²) in [4.78, 5) is 2.55. The highest BCUT2D eigenvalue weighted by molar-refractivity contribution is 6.13. The molecule has 0 fully saturated rings. The lowest BCUT2D eigenvalue weighted by atomic mass is 9.80. The molecule has 54 heavy (non-hydrogen) atoms. The van der Waals surface area contributed by atoms with E-state index in [1.807, 2.05) is 6.07 Å². The second kappa shape index (κ2) is 11.1. The maximum absolute atomic E-state index is 6.30. The minimum Gasteiger partial charge on any atom is -0.456 e. The van der Waals surface area contributed by atoms with E-state index in [-0.39, 0.29) is 10.8 Å². The van der Waals surface area contributed by atoms with Gasteiger partial charge in [0, 0.05) is 38.4 Å². The summed E-state index contributed by atoms with van der Waals surface area (Å²) < 4.78 is 6.30. The summed E-state index contributed by atoms with van der Waals surface area (Å²) in [5.74, 6) is 0. The lowest BCUT2D eigenvalue weighted by Crippen LogP contribution is -2.17. The molecule has 0 unspecified atom stereocenters. The van der Waals surface area contributed by atoms with Crippen molar-refractivity contribution in [3.8, 4) is 33.4 Å². The number of benzene rings is 8. The molecule has 0 saturated carbocycles. The van der Waals surface area contributed by atoms with Gasteiger partial charge in [-0.3, -0.25) is 0 Å². The van der Waals surface area contributed by atoms with Gasteiger partial charge in [-0.15, -0.1) is 0 Å². The van der Waals surface area contributed by atoms with E-state index in [9.17, 15) is 0 Å². The van der Waals surface area contributed by atoms with Gasteiger partial charge in [0.1, 0.15) is 11.2 Å². The number of furan rings is 1. The second-order valence-electron chi connectivity index (χ2n) is 16.1. The first-order chi connectivity index (χ1) is 26.3. The van der Waals surface area contributed by atoms with E-state index >= 15 is 0 Å². The normalized spacial score (nSPS) is 14.6. The SMILES string of the molecule is CC1(C)c2ccccc2-c2c(N(c3ccc(-c4cccc5oc6ccccc6c45)cc3)c3cc4ccccc4c4c3-c3ccccc3C4(C)C)cccc21. The lowest BCUT2D eigenvalue weighted by molar-refractivity contribution is 0.660. The summed E-state index contributed by atoms with van der Waals surface area (Å²) in [6, 6.07) is 60.3. The number of nitrogens with zero attached hydrogens (tertiary/aromatic N) is 1. The number of para-hydroxylation sites is 1. The first-order valence-electron chi connectivity index (χ1n) is 19.0. The standard InChI is InChI=1S/C52H39NO/c1-51(2)40-21-10-7-17-37(40)48-42(51)23-14-24-43(48)53(34-29-27-32(28-30-34)35-20-13-26-46-47(35)39-19-9-12-25-45(39)54-46)44-31-33-15-5-6-16-36(33)50-49(44)38-18-8-11-22-41(38)52(50,3)4/h5-31H,1-4H3. The van der Waals surface area contributed by atoms with Crippen LogP contribution in [-0.2, 0) is 10.8 Å². The van der Waals surface area contributed by atoms with Crippen molar-refractivity contribution in [3.63, 3.8) is 0 Å². The number of hydrogen-bond donors (Lipinski definition) is 0. The van der Waals surface area contributed by atoms with Crippen LogP contribution in [-0.4, -0.2) is 0 Å². The van der Waals surface area contributed by atoms with Gasteiger partial charge in [-0.05, 0) is 91.7 Å². The van der Waals surface area contributed by atoms with E-state index in [0.717, 1.165) is 33.2 Å².